The van der Waals surface area contributed by atoms with Gasteiger partial charge in [-0.25, -0.2) is 0 Å². The van der Waals surface area contributed by atoms with Crippen molar-refractivity contribution in [1.29, 1.82) is 0 Å². The van der Waals surface area contributed by atoms with E-state index in [-0.39, 0.29) is 0 Å². The van der Waals surface area contributed by atoms with Crippen LogP contribution in [0.25, 0.3) is 0 Å². The van der Waals surface area contributed by atoms with Gasteiger partial charge in [-0.15, -0.1) is 11.8 Å². The van der Waals surface area contributed by atoms with Crippen molar-refractivity contribution in [2.45, 2.75) is 16.0 Å². The summed E-state index contributed by atoms with van der Waals surface area (Å²) in [5.41, 5.74) is 0. The molecule has 2 aliphatic rings. The number of nitrogens with zero attached hydrogens (tertiary/aromatic N) is 1. The maximum atomic E-state index is 10.7. The molecule has 0 aromatic heterocycles. The quantitative estimate of drug-likeness (QED) is 0.437. The van der Waals surface area contributed by atoms with Gasteiger partial charge in [-0.1, -0.05) is 15.9 Å². The van der Waals surface area contributed by atoms with E-state index in [1.54, 1.807) is 0 Å². The molecule has 2 aliphatic heterocycles. The highest BCUT2D eigenvalue weighted by Gasteiger charge is 2.43. The summed E-state index contributed by atoms with van der Waals surface area (Å²) in [7, 11) is 0. The van der Waals surface area contributed by atoms with Gasteiger partial charge in [0.05, 0.1) is 16.0 Å². The smallest absolute Gasteiger partial charge is 0.226 e. The Hall–Kier alpha value is 0.300. The van der Waals surface area contributed by atoms with Gasteiger partial charge < -0.3 is 4.90 Å². The lowest BCUT2D eigenvalue weighted by Gasteiger charge is -2.32. The second-order valence-electron chi connectivity index (χ2n) is 2.25. The topological polar surface area (TPSA) is 20.3 Å². The highest BCUT2D eigenvalue weighted by molar-refractivity contribution is 9.11. The third kappa shape index (κ3) is 0.799. The van der Waals surface area contributed by atoms with Gasteiger partial charge in [-0.2, -0.15) is 0 Å². The van der Waals surface area contributed by atoms with E-state index in [1.807, 2.05) is 16.7 Å². The molecule has 1 unspecified atom stereocenters. The maximum Gasteiger partial charge on any atom is 0.226 e. The van der Waals surface area contributed by atoms with E-state index in [4.69, 9.17) is 0 Å². The van der Waals surface area contributed by atoms with Crippen LogP contribution in [0.2, 0.25) is 0 Å². The maximum absolute atomic E-state index is 10.7. The summed E-state index contributed by atoms with van der Waals surface area (Å²) in [6, 6.07) is 0. The zero-order valence-corrected chi connectivity index (χ0v) is 7.11. The number of fused-ring (bicyclic) bond motifs is 1. The molecule has 0 radical (unpaired) electrons. The van der Waals surface area contributed by atoms with Crippen LogP contribution in [-0.4, -0.2) is 26.9 Å². The van der Waals surface area contributed by atoms with Gasteiger partial charge in [-0.3, -0.25) is 4.79 Å². The third-order valence-electron chi connectivity index (χ3n) is 1.66. The van der Waals surface area contributed by atoms with Crippen LogP contribution in [0.4, 0.5) is 0 Å². The molecule has 2 atom stereocenters. The van der Waals surface area contributed by atoms with Gasteiger partial charge in [0, 0.05) is 6.54 Å². The average molecular weight is 208 g/mol. The number of thioether (sulfide) groups is 1. The standard InChI is InChI=1S/C5H6BrNOS/c6-3-2-7-4(8)1-5(7)9-3/h3,5H,1-2H2/t3?,5-/m1/s1. The van der Waals surface area contributed by atoms with Gasteiger partial charge in [0.15, 0.2) is 0 Å². The van der Waals surface area contributed by atoms with Crippen molar-refractivity contribution in [3.05, 3.63) is 0 Å². The highest BCUT2D eigenvalue weighted by atomic mass is 79.9. The number of alkyl halides is 1. The summed E-state index contributed by atoms with van der Waals surface area (Å²) >= 11 is 5.30. The Morgan fingerprint density at radius 2 is 2.56 bits per heavy atom. The van der Waals surface area contributed by atoms with Crippen LogP contribution < -0.4 is 0 Å². The Balaban J connectivity index is 2.08. The normalized spacial score (nSPS) is 40.6. The average Bonchev–Trinajstić information content (AvgIpc) is 2.08. The summed E-state index contributed by atoms with van der Waals surface area (Å²) in [4.78, 5) is 12.7. The molecule has 9 heavy (non-hydrogen) atoms. The van der Waals surface area contributed by atoms with Crippen LogP contribution in [0.5, 0.6) is 0 Å². The number of hydrogen-bond acceptors (Lipinski definition) is 2. The largest absolute Gasteiger partial charge is 0.328 e. The monoisotopic (exact) mass is 207 g/mol. The zero-order valence-electron chi connectivity index (χ0n) is 4.71. The van der Waals surface area contributed by atoms with Gasteiger partial charge in [-0.05, 0) is 0 Å². The molecule has 0 aliphatic carbocycles. The number of amides is 1. The summed E-state index contributed by atoms with van der Waals surface area (Å²) in [5.74, 6) is 0.314. The van der Waals surface area contributed by atoms with E-state index in [0.29, 0.717) is 15.4 Å². The summed E-state index contributed by atoms with van der Waals surface area (Å²) in [5, 5.41) is 0.502. The predicted molar refractivity (Wildman–Crippen MR) is 40.4 cm³/mol. The van der Waals surface area contributed by atoms with Crippen LogP contribution in [0.3, 0.4) is 0 Å². The molecule has 0 spiro atoms. The van der Waals surface area contributed by atoms with Crippen LogP contribution in [0.15, 0.2) is 0 Å². The van der Waals surface area contributed by atoms with Crippen molar-refractivity contribution in [2.75, 3.05) is 6.54 Å². The Kier molecular flexibility index (Phi) is 1.27. The molecule has 0 N–H and O–H groups in total. The van der Waals surface area contributed by atoms with Crippen LogP contribution in [0, 0.1) is 0 Å². The molecule has 2 saturated heterocycles. The van der Waals surface area contributed by atoms with E-state index in [0.717, 1.165) is 13.0 Å². The Labute approximate surface area is 66.1 Å². The van der Waals surface area contributed by atoms with Crippen LogP contribution in [0.1, 0.15) is 6.42 Å². The molecule has 2 nitrogen and oxygen atoms in total. The number of rotatable bonds is 0. The molecule has 2 heterocycles. The number of halogens is 1. The first-order valence-corrected chi connectivity index (χ1v) is 4.72. The fourth-order valence-corrected chi connectivity index (χ4v) is 3.37. The SMILES string of the molecule is O=C1C[C@H]2SC(Br)CN12. The van der Waals surface area contributed by atoms with E-state index in [2.05, 4.69) is 15.9 Å². The van der Waals surface area contributed by atoms with Gasteiger partial charge in [0.25, 0.3) is 0 Å². The van der Waals surface area contributed by atoms with E-state index < -0.39 is 0 Å². The molecule has 0 saturated carbocycles. The molecule has 1 amide bonds. The molecular weight excluding hydrogens is 202 g/mol. The highest BCUT2D eigenvalue weighted by Crippen LogP contribution is 2.41. The lowest BCUT2D eigenvalue weighted by atomic mass is 10.2. The second-order valence-corrected chi connectivity index (χ2v) is 5.35. The van der Waals surface area contributed by atoms with Crippen molar-refractivity contribution in [2.24, 2.45) is 0 Å². The van der Waals surface area contributed by atoms with Crippen molar-refractivity contribution in [1.82, 2.24) is 4.90 Å². The Bertz CT molecular complexity index is 163. The van der Waals surface area contributed by atoms with Crippen molar-refractivity contribution in [3.8, 4) is 0 Å². The van der Waals surface area contributed by atoms with E-state index in [1.165, 1.54) is 0 Å². The number of carbonyl (C=O) groups excluding carboxylic acids is 1. The van der Waals surface area contributed by atoms with E-state index >= 15 is 0 Å². The number of β-lactam (4-membered cyclic amide) rings is 1. The molecule has 4 heteroatoms. The first kappa shape index (κ1) is 6.04. The summed E-state index contributed by atoms with van der Waals surface area (Å²) in [6.07, 6.45) is 0.757. The molecule has 2 rings (SSSR count). The second kappa shape index (κ2) is 1.89. The molecule has 0 bridgehead atoms. The number of carbonyl (C=O) groups is 1. The molecule has 2 fully saturated rings. The first-order valence-electron chi connectivity index (χ1n) is 2.86. The minimum Gasteiger partial charge on any atom is -0.328 e. The van der Waals surface area contributed by atoms with Gasteiger partial charge >= 0.3 is 0 Å². The van der Waals surface area contributed by atoms with Crippen LogP contribution >= 0.6 is 27.7 Å². The molecule has 0 aromatic carbocycles. The fourth-order valence-electron chi connectivity index (χ4n) is 1.13. The minimum absolute atomic E-state index is 0.314. The molecular formula is C5H6BrNOS. The van der Waals surface area contributed by atoms with Crippen molar-refractivity contribution >= 4 is 33.6 Å². The zero-order chi connectivity index (χ0) is 6.43. The summed E-state index contributed by atoms with van der Waals surface area (Å²) in [6.45, 7) is 0.897. The predicted octanol–water partition coefficient (Wildman–Crippen LogP) is 1.01. The van der Waals surface area contributed by atoms with Crippen LogP contribution in [-0.2, 0) is 4.79 Å². The van der Waals surface area contributed by atoms with Crippen molar-refractivity contribution in [3.63, 3.8) is 0 Å². The Morgan fingerprint density at radius 1 is 1.78 bits per heavy atom. The van der Waals surface area contributed by atoms with Gasteiger partial charge in [0.1, 0.15) is 0 Å². The van der Waals surface area contributed by atoms with Gasteiger partial charge in [0.2, 0.25) is 5.91 Å². The molecule has 50 valence electrons. The lowest BCUT2D eigenvalue weighted by Crippen LogP contribution is -2.47. The first-order chi connectivity index (χ1) is 4.27. The summed E-state index contributed by atoms with van der Waals surface area (Å²) < 4.78 is 0.481. The van der Waals surface area contributed by atoms with Crippen molar-refractivity contribution < 1.29 is 4.79 Å². The lowest BCUT2D eigenvalue weighted by molar-refractivity contribution is -0.140. The van der Waals surface area contributed by atoms with E-state index in [9.17, 15) is 4.79 Å². The number of hydrogen-bond donors (Lipinski definition) is 0. The Morgan fingerprint density at radius 3 is 3.00 bits per heavy atom. The fraction of sp³-hybridized carbons (Fsp3) is 0.800. The third-order valence-corrected chi connectivity index (χ3v) is 3.78. The minimum atomic E-state index is 0.314. The molecule has 0 aromatic rings.